The summed E-state index contributed by atoms with van der Waals surface area (Å²) in [4.78, 5) is 0.176. The maximum atomic E-state index is 12.7. The first-order chi connectivity index (χ1) is 12.5. The molecule has 2 N–H and O–H groups in total. The molecule has 1 aliphatic rings. The average Bonchev–Trinajstić information content (AvgIpc) is 3.26. The number of halogens is 1. The monoisotopic (exact) mass is 436 g/mol. The maximum Gasteiger partial charge on any atom is 0.263 e. The molecule has 6 nitrogen and oxygen atoms in total. The van der Waals surface area contributed by atoms with Crippen molar-refractivity contribution in [3.8, 4) is 5.75 Å². The van der Waals surface area contributed by atoms with Crippen LogP contribution in [0.4, 0.5) is 5.69 Å². The maximum absolute atomic E-state index is 12.7. The van der Waals surface area contributed by atoms with Crippen molar-refractivity contribution in [2.24, 2.45) is 0 Å². The van der Waals surface area contributed by atoms with Crippen LogP contribution in [0.15, 0.2) is 62.5 Å². The standard InChI is InChI=1S/C18H17BrN2O4S/c19-15-3-1-2-4-17(15)26(22,23)21-13-9-12-6-8-24-18(12)16(10-13)25-14-5-7-20-11-14/h1-4,6,8-10,14,20-21H,5,7,11H2/t14-/m1/s1. The molecular weight excluding hydrogens is 420 g/mol. The van der Waals surface area contributed by atoms with Crippen LogP contribution in [0.2, 0.25) is 0 Å². The molecule has 0 radical (unpaired) electrons. The van der Waals surface area contributed by atoms with Gasteiger partial charge in [-0.1, -0.05) is 12.1 Å². The number of sulfonamides is 1. The second kappa shape index (κ2) is 6.94. The van der Waals surface area contributed by atoms with Gasteiger partial charge >= 0.3 is 0 Å². The number of hydrogen-bond acceptors (Lipinski definition) is 5. The van der Waals surface area contributed by atoms with Gasteiger partial charge in [-0.25, -0.2) is 8.42 Å². The minimum Gasteiger partial charge on any atom is -0.485 e. The fourth-order valence-corrected chi connectivity index (χ4v) is 5.02. The molecule has 1 aromatic heterocycles. The minimum atomic E-state index is -3.74. The highest BCUT2D eigenvalue weighted by molar-refractivity contribution is 9.10. The molecule has 1 atom stereocenters. The Balaban J connectivity index is 1.69. The zero-order chi connectivity index (χ0) is 18.1. The van der Waals surface area contributed by atoms with Crippen LogP contribution in [0.1, 0.15) is 6.42 Å². The average molecular weight is 437 g/mol. The first-order valence-electron chi connectivity index (χ1n) is 8.19. The van der Waals surface area contributed by atoms with Crippen LogP contribution in [0.25, 0.3) is 11.0 Å². The number of ether oxygens (including phenoxy) is 1. The van der Waals surface area contributed by atoms with E-state index >= 15 is 0 Å². The summed E-state index contributed by atoms with van der Waals surface area (Å²) in [5.41, 5.74) is 1.04. The van der Waals surface area contributed by atoms with Crippen LogP contribution in [-0.2, 0) is 10.0 Å². The molecule has 26 heavy (non-hydrogen) atoms. The second-order valence-corrected chi connectivity index (χ2v) is 8.59. The van der Waals surface area contributed by atoms with Gasteiger partial charge in [-0.15, -0.1) is 0 Å². The van der Waals surface area contributed by atoms with Gasteiger partial charge in [0.2, 0.25) is 0 Å². The smallest absolute Gasteiger partial charge is 0.263 e. The van der Waals surface area contributed by atoms with Crippen molar-refractivity contribution in [1.29, 1.82) is 0 Å². The molecule has 8 heteroatoms. The van der Waals surface area contributed by atoms with Gasteiger partial charge in [0.25, 0.3) is 10.0 Å². The highest BCUT2D eigenvalue weighted by Gasteiger charge is 2.21. The summed E-state index contributed by atoms with van der Waals surface area (Å²) in [5, 5.41) is 4.02. The van der Waals surface area contributed by atoms with Crippen LogP contribution in [-0.4, -0.2) is 27.6 Å². The van der Waals surface area contributed by atoms with Gasteiger partial charge in [-0.3, -0.25) is 4.72 Å². The predicted octanol–water partition coefficient (Wildman–Crippen LogP) is 3.74. The molecule has 0 spiro atoms. The van der Waals surface area contributed by atoms with Crippen LogP contribution < -0.4 is 14.8 Å². The highest BCUT2D eigenvalue weighted by Crippen LogP contribution is 2.33. The molecule has 3 aromatic rings. The van der Waals surface area contributed by atoms with E-state index in [0.29, 0.717) is 21.5 Å². The number of fused-ring (bicyclic) bond motifs is 1. The lowest BCUT2D eigenvalue weighted by atomic mass is 10.2. The number of furan rings is 1. The van der Waals surface area contributed by atoms with E-state index in [0.717, 1.165) is 24.9 Å². The second-order valence-electron chi connectivity index (χ2n) is 6.08. The Kier molecular flexibility index (Phi) is 4.64. The summed E-state index contributed by atoms with van der Waals surface area (Å²) in [7, 11) is -3.74. The van der Waals surface area contributed by atoms with E-state index in [1.807, 2.05) is 0 Å². The Morgan fingerprint density at radius 3 is 2.85 bits per heavy atom. The van der Waals surface area contributed by atoms with E-state index in [-0.39, 0.29) is 11.0 Å². The Hall–Kier alpha value is -2.03. The summed E-state index contributed by atoms with van der Waals surface area (Å²) >= 11 is 3.29. The minimum absolute atomic E-state index is 0.0402. The normalized spacial score (nSPS) is 17.5. The zero-order valence-corrected chi connectivity index (χ0v) is 16.1. The van der Waals surface area contributed by atoms with E-state index in [9.17, 15) is 8.42 Å². The van der Waals surface area contributed by atoms with Crippen LogP contribution in [0.3, 0.4) is 0 Å². The number of rotatable bonds is 5. The Morgan fingerprint density at radius 1 is 1.23 bits per heavy atom. The van der Waals surface area contributed by atoms with Crippen LogP contribution in [0, 0.1) is 0 Å². The fourth-order valence-electron chi connectivity index (χ4n) is 2.98. The highest BCUT2D eigenvalue weighted by atomic mass is 79.9. The molecule has 1 fully saturated rings. The van der Waals surface area contributed by atoms with Crippen LogP contribution in [0.5, 0.6) is 5.75 Å². The third-order valence-corrected chi connectivity index (χ3v) is 6.60. The molecule has 0 unspecified atom stereocenters. The topological polar surface area (TPSA) is 80.6 Å². The molecule has 0 aliphatic carbocycles. The van der Waals surface area contributed by atoms with Crippen LogP contribution >= 0.6 is 15.9 Å². The van der Waals surface area contributed by atoms with Gasteiger partial charge < -0.3 is 14.5 Å². The molecule has 0 bridgehead atoms. The Labute approximate surface area is 159 Å². The zero-order valence-electron chi connectivity index (χ0n) is 13.7. The molecule has 0 saturated carbocycles. The quantitative estimate of drug-likeness (QED) is 0.636. The summed E-state index contributed by atoms with van der Waals surface area (Å²) in [6.45, 7) is 1.66. The van der Waals surface area contributed by atoms with E-state index in [1.54, 1.807) is 48.7 Å². The third-order valence-electron chi connectivity index (χ3n) is 4.20. The van der Waals surface area contributed by atoms with Crippen molar-refractivity contribution >= 4 is 42.6 Å². The van der Waals surface area contributed by atoms with Gasteiger partial charge in [0.15, 0.2) is 11.3 Å². The van der Waals surface area contributed by atoms with E-state index in [2.05, 4.69) is 26.0 Å². The first-order valence-corrected chi connectivity index (χ1v) is 10.5. The lowest BCUT2D eigenvalue weighted by molar-refractivity contribution is 0.223. The predicted molar refractivity (Wildman–Crippen MR) is 103 cm³/mol. The largest absolute Gasteiger partial charge is 0.485 e. The molecular formula is C18H17BrN2O4S. The lowest BCUT2D eigenvalue weighted by Crippen LogP contribution is -2.20. The number of hydrogen-bond donors (Lipinski definition) is 2. The van der Waals surface area contributed by atoms with Gasteiger partial charge in [0.1, 0.15) is 11.0 Å². The Morgan fingerprint density at radius 2 is 2.08 bits per heavy atom. The molecule has 2 heterocycles. The molecule has 136 valence electrons. The van der Waals surface area contributed by atoms with Gasteiger partial charge in [0, 0.05) is 22.5 Å². The van der Waals surface area contributed by atoms with Gasteiger partial charge in [-0.2, -0.15) is 0 Å². The summed E-state index contributed by atoms with van der Waals surface area (Å²) < 4.78 is 40.2. The van der Waals surface area contributed by atoms with Crippen molar-refractivity contribution < 1.29 is 17.6 Å². The number of anilines is 1. The van der Waals surface area contributed by atoms with Crippen molar-refractivity contribution in [3.63, 3.8) is 0 Å². The summed E-state index contributed by atoms with van der Waals surface area (Å²) in [6.07, 6.45) is 2.50. The number of nitrogens with one attached hydrogen (secondary N) is 2. The van der Waals surface area contributed by atoms with Crippen molar-refractivity contribution in [3.05, 3.63) is 53.2 Å². The third kappa shape index (κ3) is 3.44. The molecule has 2 aromatic carbocycles. The van der Waals surface area contributed by atoms with Crippen molar-refractivity contribution in [2.45, 2.75) is 17.4 Å². The fraction of sp³-hybridized carbons (Fsp3) is 0.222. The SMILES string of the molecule is O=S(=O)(Nc1cc(O[C@@H]2CCNC2)c2occc2c1)c1ccccc1Br. The summed E-state index contributed by atoms with van der Waals surface area (Å²) in [6, 6.07) is 11.9. The van der Waals surface area contributed by atoms with E-state index < -0.39 is 10.0 Å². The van der Waals surface area contributed by atoms with E-state index in [1.165, 1.54) is 0 Å². The van der Waals surface area contributed by atoms with Crippen molar-refractivity contribution in [2.75, 3.05) is 17.8 Å². The van der Waals surface area contributed by atoms with Crippen molar-refractivity contribution in [1.82, 2.24) is 5.32 Å². The first kappa shape index (κ1) is 17.4. The molecule has 4 rings (SSSR count). The Bertz CT molecular complexity index is 1040. The number of benzene rings is 2. The van der Waals surface area contributed by atoms with Gasteiger partial charge in [0.05, 0.1) is 12.0 Å². The van der Waals surface area contributed by atoms with E-state index in [4.69, 9.17) is 9.15 Å². The molecule has 1 saturated heterocycles. The molecule has 0 amide bonds. The summed E-state index contributed by atoms with van der Waals surface area (Å²) in [5.74, 6) is 0.533. The lowest BCUT2D eigenvalue weighted by Gasteiger charge is -2.15. The van der Waals surface area contributed by atoms with Gasteiger partial charge in [-0.05, 0) is 53.2 Å². The molecule has 1 aliphatic heterocycles.